The minimum Gasteiger partial charge on any atom is -0.382 e. The molecule has 192 valence electrons. The van der Waals surface area contributed by atoms with E-state index in [-0.39, 0.29) is 24.1 Å². The summed E-state index contributed by atoms with van der Waals surface area (Å²) >= 11 is 0. The lowest BCUT2D eigenvalue weighted by molar-refractivity contribution is 0.0744. The molecule has 2 aromatic heterocycles. The first-order chi connectivity index (χ1) is 17.9. The zero-order valence-corrected chi connectivity index (χ0v) is 21.4. The molecule has 11 heteroatoms. The summed E-state index contributed by atoms with van der Waals surface area (Å²) in [5.74, 6) is 0.505. The highest BCUT2D eigenvalue weighted by Gasteiger charge is 2.32. The molecule has 0 spiro atoms. The molecule has 0 unspecified atom stereocenters. The van der Waals surface area contributed by atoms with Crippen LogP contribution in [0.1, 0.15) is 21.6 Å². The van der Waals surface area contributed by atoms with Crippen molar-refractivity contribution in [3.05, 3.63) is 77.7 Å². The number of rotatable bonds is 11. The Bertz CT molecular complexity index is 1490. The van der Waals surface area contributed by atoms with Crippen molar-refractivity contribution in [3.8, 4) is 22.5 Å². The lowest BCUT2D eigenvalue weighted by Crippen LogP contribution is -2.34. The van der Waals surface area contributed by atoms with Crippen molar-refractivity contribution in [2.24, 2.45) is 0 Å². The molecule has 0 bridgehead atoms. The fourth-order valence-corrected chi connectivity index (χ4v) is 5.23. The van der Waals surface area contributed by atoms with Crippen LogP contribution in [0.2, 0.25) is 0 Å². The number of ether oxygens (including phenoxy) is 2. The molecular weight excluding hydrogens is 496 g/mol. The summed E-state index contributed by atoms with van der Waals surface area (Å²) in [6.45, 7) is 3.59. The fraction of sp³-hybridized carbons (Fsp3) is 0.231. The third-order valence-corrected chi connectivity index (χ3v) is 7.51. The van der Waals surface area contributed by atoms with Crippen molar-refractivity contribution >= 4 is 22.2 Å². The maximum Gasteiger partial charge on any atom is 0.269 e. The highest BCUT2D eigenvalue weighted by molar-refractivity contribution is 7.93. The summed E-state index contributed by atoms with van der Waals surface area (Å²) < 4.78 is 45.1. The van der Waals surface area contributed by atoms with Gasteiger partial charge in [-0.25, -0.2) is 22.7 Å². The Hall–Kier alpha value is -3.93. The number of aryl methyl sites for hydroxylation is 1. The number of anilines is 1. The predicted octanol–water partition coefficient (Wildman–Crippen LogP) is 4.04. The molecule has 0 radical (unpaired) electrons. The molecule has 2 heterocycles. The summed E-state index contributed by atoms with van der Waals surface area (Å²) in [4.78, 5) is 20.5. The van der Waals surface area contributed by atoms with E-state index in [0.29, 0.717) is 52.2 Å². The van der Waals surface area contributed by atoms with E-state index >= 15 is 0 Å². The topological polar surface area (TPSA) is 125 Å². The molecule has 0 N–H and O–H groups in total. The number of hydrogen-bond acceptors (Lipinski definition) is 9. The molecule has 0 aliphatic carbocycles. The van der Waals surface area contributed by atoms with Gasteiger partial charge in [0, 0.05) is 41.8 Å². The van der Waals surface area contributed by atoms with Gasteiger partial charge in [-0.05, 0) is 37.6 Å². The second-order valence-electron chi connectivity index (χ2n) is 8.07. The van der Waals surface area contributed by atoms with Crippen LogP contribution in [0.4, 0.5) is 5.88 Å². The van der Waals surface area contributed by atoms with Gasteiger partial charge in [0.1, 0.15) is 6.73 Å². The van der Waals surface area contributed by atoms with Gasteiger partial charge in [-0.3, -0.25) is 4.79 Å². The number of nitrogens with zero attached hydrogens (tertiary/aromatic N) is 4. The number of sulfonamides is 1. The van der Waals surface area contributed by atoms with E-state index in [1.165, 1.54) is 13.2 Å². The lowest BCUT2D eigenvalue weighted by Gasteiger charge is -2.23. The molecule has 4 rings (SSSR count). The van der Waals surface area contributed by atoms with Crippen LogP contribution in [0.15, 0.2) is 70.3 Å². The van der Waals surface area contributed by atoms with Crippen LogP contribution in [0, 0.1) is 13.8 Å². The van der Waals surface area contributed by atoms with E-state index in [4.69, 9.17) is 14.0 Å². The molecule has 0 fully saturated rings. The minimum absolute atomic E-state index is 0.0226. The van der Waals surface area contributed by atoms with Crippen LogP contribution >= 0.6 is 0 Å². The Morgan fingerprint density at radius 3 is 2.43 bits per heavy atom. The second kappa shape index (κ2) is 11.4. The van der Waals surface area contributed by atoms with Gasteiger partial charge >= 0.3 is 0 Å². The third-order valence-electron chi connectivity index (χ3n) is 5.75. The minimum atomic E-state index is -4.22. The van der Waals surface area contributed by atoms with E-state index in [2.05, 4.69) is 15.1 Å². The van der Waals surface area contributed by atoms with Gasteiger partial charge in [-0.1, -0.05) is 35.5 Å². The zero-order chi connectivity index (χ0) is 26.4. The summed E-state index contributed by atoms with van der Waals surface area (Å²) in [6, 6.07) is 13.2. The predicted molar refractivity (Wildman–Crippen MR) is 137 cm³/mol. The Morgan fingerprint density at radius 2 is 1.76 bits per heavy atom. The number of carbonyl (C=O) groups is 1. The van der Waals surface area contributed by atoms with E-state index in [9.17, 15) is 13.2 Å². The number of aldehydes is 1. The van der Waals surface area contributed by atoms with Crippen LogP contribution < -0.4 is 4.31 Å². The molecule has 0 aliphatic rings. The Labute approximate surface area is 214 Å². The number of carbonyl (C=O) groups excluding carboxylic acids is 1. The van der Waals surface area contributed by atoms with Crippen molar-refractivity contribution < 1.29 is 27.2 Å². The van der Waals surface area contributed by atoms with Crippen LogP contribution in [-0.2, 0) is 19.5 Å². The van der Waals surface area contributed by atoms with Gasteiger partial charge in [0.05, 0.1) is 23.8 Å². The summed E-state index contributed by atoms with van der Waals surface area (Å²) in [6.07, 6.45) is 3.89. The van der Waals surface area contributed by atoms with Crippen LogP contribution in [-0.4, -0.2) is 56.9 Å². The maximum atomic E-state index is 14.1. The van der Waals surface area contributed by atoms with Gasteiger partial charge in [-0.15, -0.1) is 0 Å². The van der Waals surface area contributed by atoms with Gasteiger partial charge in [-0.2, -0.15) is 0 Å². The molecule has 2 aromatic carbocycles. The van der Waals surface area contributed by atoms with Gasteiger partial charge in [0.25, 0.3) is 10.0 Å². The van der Waals surface area contributed by atoms with E-state index < -0.39 is 10.0 Å². The van der Waals surface area contributed by atoms with E-state index in [1.807, 2.05) is 0 Å². The molecular formula is C26H26N4O6S. The highest BCUT2D eigenvalue weighted by atomic mass is 32.2. The number of hydrogen-bond donors (Lipinski definition) is 0. The van der Waals surface area contributed by atoms with Crippen molar-refractivity contribution in [1.29, 1.82) is 0 Å². The number of benzene rings is 2. The molecule has 37 heavy (non-hydrogen) atoms. The molecule has 4 aromatic rings. The first-order valence-corrected chi connectivity index (χ1v) is 12.8. The fourth-order valence-electron chi connectivity index (χ4n) is 3.69. The molecule has 10 nitrogen and oxygen atoms in total. The Balaban J connectivity index is 1.81. The second-order valence-corrected chi connectivity index (χ2v) is 9.90. The van der Waals surface area contributed by atoms with E-state index in [1.54, 1.807) is 68.7 Å². The normalized spacial score (nSPS) is 11.4. The van der Waals surface area contributed by atoms with Crippen molar-refractivity contribution in [3.63, 3.8) is 0 Å². The number of aromatic nitrogens is 3. The van der Waals surface area contributed by atoms with Crippen molar-refractivity contribution in [2.45, 2.75) is 18.7 Å². The molecule has 0 atom stereocenters. The largest absolute Gasteiger partial charge is 0.382 e. The highest BCUT2D eigenvalue weighted by Crippen LogP contribution is 2.35. The van der Waals surface area contributed by atoms with Crippen molar-refractivity contribution in [2.75, 3.05) is 31.4 Å². The quantitative estimate of drug-likeness (QED) is 0.163. The van der Waals surface area contributed by atoms with Crippen LogP contribution in [0.3, 0.4) is 0 Å². The molecule has 0 saturated heterocycles. The summed E-state index contributed by atoms with van der Waals surface area (Å²) in [7, 11) is -2.70. The molecule has 0 aliphatic heterocycles. The smallest absolute Gasteiger partial charge is 0.269 e. The first kappa shape index (κ1) is 26.1. The zero-order valence-electron chi connectivity index (χ0n) is 20.6. The van der Waals surface area contributed by atoms with Crippen LogP contribution in [0.5, 0.6) is 0 Å². The van der Waals surface area contributed by atoms with Gasteiger partial charge in [0.15, 0.2) is 12.1 Å². The van der Waals surface area contributed by atoms with Crippen molar-refractivity contribution in [1.82, 2.24) is 15.1 Å². The Kier molecular flexibility index (Phi) is 8.07. The molecule has 0 saturated carbocycles. The van der Waals surface area contributed by atoms with E-state index in [0.717, 1.165) is 4.31 Å². The average Bonchev–Trinajstić information content (AvgIpc) is 3.26. The lowest BCUT2D eigenvalue weighted by atomic mass is 9.98. The molecule has 0 amide bonds. The third kappa shape index (κ3) is 5.43. The first-order valence-electron chi connectivity index (χ1n) is 11.4. The Morgan fingerprint density at radius 1 is 1.00 bits per heavy atom. The summed E-state index contributed by atoms with van der Waals surface area (Å²) in [5, 5.41) is 3.92. The van der Waals surface area contributed by atoms with Gasteiger partial charge in [0.2, 0.25) is 5.88 Å². The summed E-state index contributed by atoms with van der Waals surface area (Å²) in [5.41, 5.74) is 2.84. The average molecular weight is 523 g/mol. The maximum absolute atomic E-state index is 14.1. The monoisotopic (exact) mass is 522 g/mol. The number of methoxy groups -OCH3 is 1. The SMILES string of the molecule is COCCOCN(c1onc(C)c1C)S(=O)(=O)c1ccccc1-c1ccc(-c2ncccn2)cc1C=O. The standard InChI is InChI=1S/C26H26N4O6S/c1-18-19(2)29-36-26(18)30(17-35-14-13-34-3)37(32,33)24-8-5-4-7-23(24)22-10-9-20(15-21(22)16-31)25-27-11-6-12-28-25/h4-12,15-16H,13-14,17H2,1-3H3. The van der Waals surface area contributed by atoms with Crippen LogP contribution in [0.25, 0.3) is 22.5 Å². The van der Waals surface area contributed by atoms with Gasteiger partial charge < -0.3 is 14.0 Å².